The van der Waals surface area contributed by atoms with Crippen molar-refractivity contribution in [2.24, 2.45) is 0 Å². The smallest absolute Gasteiger partial charge is 0.0795 e. The fourth-order valence-corrected chi connectivity index (χ4v) is 1.17. The van der Waals surface area contributed by atoms with Gasteiger partial charge in [0.05, 0.1) is 11.2 Å². The van der Waals surface area contributed by atoms with Crippen molar-refractivity contribution in [3.8, 4) is 0 Å². The first-order chi connectivity index (χ1) is 3.43. The summed E-state index contributed by atoms with van der Waals surface area (Å²) in [5.74, 6) is 0.753. The zero-order chi connectivity index (χ0) is 5.11. The molecule has 1 aromatic rings. The minimum absolute atomic E-state index is 0.753. The van der Waals surface area contributed by atoms with Crippen molar-refractivity contribution >= 4 is 24.0 Å². The van der Waals surface area contributed by atoms with E-state index in [1.165, 1.54) is 0 Å². The molecule has 0 aliphatic heterocycles. The molecule has 0 bridgehead atoms. The van der Waals surface area contributed by atoms with E-state index in [1.54, 1.807) is 11.3 Å². The van der Waals surface area contributed by atoms with E-state index >= 15 is 0 Å². The molecule has 0 atom stereocenters. The highest BCUT2D eigenvalue weighted by molar-refractivity contribution is 7.79. The van der Waals surface area contributed by atoms with Gasteiger partial charge in [0.1, 0.15) is 0 Å². The molecule has 7 heavy (non-hydrogen) atoms. The summed E-state index contributed by atoms with van der Waals surface area (Å²) in [7, 11) is 0. The van der Waals surface area contributed by atoms with Gasteiger partial charge < -0.3 is 0 Å². The van der Waals surface area contributed by atoms with Crippen LogP contribution in [-0.2, 0) is 5.75 Å². The van der Waals surface area contributed by atoms with Gasteiger partial charge in [0, 0.05) is 11.1 Å². The second-order valence-corrected chi connectivity index (χ2v) is 2.17. The minimum atomic E-state index is 0.753. The van der Waals surface area contributed by atoms with E-state index in [2.05, 4.69) is 17.6 Å². The van der Waals surface area contributed by atoms with Gasteiger partial charge in [-0.05, 0) is 0 Å². The number of aromatic nitrogens is 1. The Balaban J connectivity index is 2.76. The molecule has 0 aliphatic carbocycles. The Kier molecular flexibility index (Phi) is 1.70. The zero-order valence-corrected chi connectivity index (χ0v) is 5.38. The Morgan fingerprint density at radius 1 is 1.86 bits per heavy atom. The molecular weight excluding hydrogens is 126 g/mol. The molecular formula is C4H5NS2. The van der Waals surface area contributed by atoms with Crippen molar-refractivity contribution in [3.05, 3.63) is 16.6 Å². The summed E-state index contributed by atoms with van der Waals surface area (Å²) in [4.78, 5) is 3.98. The highest BCUT2D eigenvalue weighted by Gasteiger charge is 1.84. The molecule has 0 spiro atoms. The van der Waals surface area contributed by atoms with Gasteiger partial charge in [-0.1, -0.05) is 0 Å². The molecule has 0 saturated heterocycles. The second-order valence-electron chi connectivity index (χ2n) is 1.14. The molecule has 38 valence electrons. The third-order valence-electron chi connectivity index (χ3n) is 0.645. The molecule has 1 rings (SSSR count). The Bertz CT molecular complexity index is 124. The molecule has 1 aromatic heterocycles. The summed E-state index contributed by atoms with van der Waals surface area (Å²) in [6.45, 7) is 0. The first-order valence-electron chi connectivity index (χ1n) is 1.91. The lowest BCUT2D eigenvalue weighted by Crippen LogP contribution is -1.70. The number of hydrogen-bond donors (Lipinski definition) is 1. The lowest BCUT2D eigenvalue weighted by Gasteiger charge is -1.76. The molecule has 3 heteroatoms. The van der Waals surface area contributed by atoms with Crippen molar-refractivity contribution in [1.82, 2.24) is 4.98 Å². The topological polar surface area (TPSA) is 12.9 Å². The average molecular weight is 131 g/mol. The van der Waals surface area contributed by atoms with Crippen LogP contribution in [0, 0.1) is 0 Å². The first-order valence-corrected chi connectivity index (χ1v) is 3.49. The van der Waals surface area contributed by atoms with Gasteiger partial charge in [-0.2, -0.15) is 12.6 Å². The van der Waals surface area contributed by atoms with Crippen LogP contribution >= 0.6 is 24.0 Å². The van der Waals surface area contributed by atoms with Crippen LogP contribution in [0.3, 0.4) is 0 Å². The molecule has 0 N–H and O–H groups in total. The Labute approximate surface area is 51.8 Å². The van der Waals surface area contributed by atoms with Crippen LogP contribution in [-0.4, -0.2) is 4.98 Å². The predicted molar refractivity (Wildman–Crippen MR) is 34.8 cm³/mol. The maximum atomic E-state index is 4.02. The summed E-state index contributed by atoms with van der Waals surface area (Å²) < 4.78 is 0. The van der Waals surface area contributed by atoms with Crippen LogP contribution in [0.15, 0.2) is 10.9 Å². The maximum absolute atomic E-state index is 4.02. The molecule has 0 amide bonds. The van der Waals surface area contributed by atoms with Crippen LogP contribution in [0.4, 0.5) is 0 Å². The van der Waals surface area contributed by atoms with Gasteiger partial charge in [-0.3, -0.25) is 0 Å². The Morgan fingerprint density at radius 2 is 2.71 bits per heavy atom. The van der Waals surface area contributed by atoms with Crippen LogP contribution in [0.1, 0.15) is 5.69 Å². The van der Waals surface area contributed by atoms with Gasteiger partial charge in [0.2, 0.25) is 0 Å². The molecule has 0 unspecified atom stereocenters. The van der Waals surface area contributed by atoms with Crippen molar-refractivity contribution in [1.29, 1.82) is 0 Å². The van der Waals surface area contributed by atoms with Crippen molar-refractivity contribution in [2.45, 2.75) is 5.75 Å². The monoisotopic (exact) mass is 131 g/mol. The van der Waals surface area contributed by atoms with E-state index in [0.29, 0.717) is 0 Å². The Morgan fingerprint density at radius 3 is 3.00 bits per heavy atom. The third-order valence-corrected chi connectivity index (χ3v) is 1.60. The van der Waals surface area contributed by atoms with Crippen molar-refractivity contribution in [2.75, 3.05) is 0 Å². The number of rotatable bonds is 1. The van der Waals surface area contributed by atoms with Crippen LogP contribution in [0.25, 0.3) is 0 Å². The number of thiol groups is 1. The van der Waals surface area contributed by atoms with Gasteiger partial charge in [-0.25, -0.2) is 4.98 Å². The Hall–Kier alpha value is -0.0200. The predicted octanol–water partition coefficient (Wildman–Crippen LogP) is 1.57. The number of nitrogens with zero attached hydrogens (tertiary/aromatic N) is 1. The third kappa shape index (κ3) is 1.17. The molecule has 0 fully saturated rings. The summed E-state index contributed by atoms with van der Waals surface area (Å²) in [5.41, 5.74) is 2.87. The van der Waals surface area contributed by atoms with E-state index in [4.69, 9.17) is 0 Å². The van der Waals surface area contributed by atoms with E-state index in [1.807, 2.05) is 10.9 Å². The molecule has 0 radical (unpaired) electrons. The molecule has 1 nitrogen and oxygen atoms in total. The highest BCUT2D eigenvalue weighted by Crippen LogP contribution is 2.02. The summed E-state index contributed by atoms with van der Waals surface area (Å²) >= 11 is 5.62. The standard InChI is InChI=1S/C4H5NS2/c6-1-4-2-7-3-5-4/h2-3,6H,1H2. The van der Waals surface area contributed by atoms with E-state index < -0.39 is 0 Å². The van der Waals surface area contributed by atoms with E-state index in [9.17, 15) is 0 Å². The van der Waals surface area contributed by atoms with Crippen molar-refractivity contribution < 1.29 is 0 Å². The largest absolute Gasteiger partial charge is 0.249 e. The summed E-state index contributed by atoms with van der Waals surface area (Å²) in [6, 6.07) is 0. The van der Waals surface area contributed by atoms with Gasteiger partial charge in [0.25, 0.3) is 0 Å². The van der Waals surface area contributed by atoms with Gasteiger partial charge >= 0.3 is 0 Å². The first kappa shape index (κ1) is 5.12. The summed E-state index contributed by atoms with van der Waals surface area (Å²) in [5, 5.41) is 1.99. The molecule has 1 heterocycles. The number of hydrogen-bond acceptors (Lipinski definition) is 3. The highest BCUT2D eigenvalue weighted by atomic mass is 32.1. The molecule has 0 aromatic carbocycles. The van der Waals surface area contributed by atoms with Crippen LogP contribution in [0.2, 0.25) is 0 Å². The van der Waals surface area contributed by atoms with Gasteiger partial charge in [0.15, 0.2) is 0 Å². The normalized spacial score (nSPS) is 9.29. The lowest BCUT2D eigenvalue weighted by molar-refractivity contribution is 1.24. The molecule has 0 aliphatic rings. The SMILES string of the molecule is SCc1cscn1. The van der Waals surface area contributed by atoms with E-state index in [0.717, 1.165) is 11.4 Å². The molecule has 0 saturated carbocycles. The summed E-state index contributed by atoms with van der Waals surface area (Å²) in [6.07, 6.45) is 0. The average Bonchev–Trinajstić information content (AvgIpc) is 2.14. The van der Waals surface area contributed by atoms with Crippen molar-refractivity contribution in [3.63, 3.8) is 0 Å². The quantitative estimate of drug-likeness (QED) is 0.571. The maximum Gasteiger partial charge on any atom is 0.0795 e. The zero-order valence-electron chi connectivity index (χ0n) is 3.66. The second kappa shape index (κ2) is 2.33. The van der Waals surface area contributed by atoms with Gasteiger partial charge in [-0.15, -0.1) is 11.3 Å². The fraction of sp³-hybridized carbons (Fsp3) is 0.250. The fourth-order valence-electron chi connectivity index (χ4n) is 0.316. The van der Waals surface area contributed by atoms with E-state index in [-0.39, 0.29) is 0 Å². The lowest BCUT2D eigenvalue weighted by atomic mass is 10.6. The van der Waals surface area contributed by atoms with Crippen LogP contribution < -0.4 is 0 Å². The minimum Gasteiger partial charge on any atom is -0.249 e. The number of thiazole rings is 1. The van der Waals surface area contributed by atoms with Crippen LogP contribution in [0.5, 0.6) is 0 Å².